The molecule has 5 nitrogen and oxygen atoms in total. The van der Waals surface area contributed by atoms with Crippen LogP contribution < -0.4 is 9.47 Å². The molecule has 0 bridgehead atoms. The average molecular weight is 372 g/mol. The van der Waals surface area contributed by atoms with E-state index in [4.69, 9.17) is 18.9 Å². The van der Waals surface area contributed by atoms with Gasteiger partial charge < -0.3 is 13.9 Å². The molecular weight excluding hydrogens is 360 g/mol. The lowest BCUT2D eigenvalue weighted by Crippen LogP contribution is -2.07. The van der Waals surface area contributed by atoms with Crippen LogP contribution in [0.3, 0.4) is 0 Å². The lowest BCUT2D eigenvalue weighted by Gasteiger charge is -2.04. The number of fused-ring (bicyclic) bond motifs is 3. The summed E-state index contributed by atoms with van der Waals surface area (Å²) in [6.45, 7) is 0. The van der Waals surface area contributed by atoms with Crippen molar-refractivity contribution in [1.29, 1.82) is 0 Å². The molecule has 27 heavy (non-hydrogen) atoms. The highest BCUT2D eigenvalue weighted by Crippen LogP contribution is 2.40. The zero-order chi connectivity index (χ0) is 17.8. The highest BCUT2D eigenvalue weighted by molar-refractivity contribution is 7.21. The van der Waals surface area contributed by atoms with Gasteiger partial charge in [0.05, 0.1) is 10.2 Å². The highest BCUT2D eigenvalue weighted by atomic mass is 32.1. The van der Waals surface area contributed by atoms with Gasteiger partial charge in [0, 0.05) is 5.56 Å². The van der Waals surface area contributed by atoms with Crippen LogP contribution in [-0.2, 0) is 0 Å². The van der Waals surface area contributed by atoms with Gasteiger partial charge in [0.25, 0.3) is 5.89 Å². The van der Waals surface area contributed by atoms with E-state index in [0.29, 0.717) is 23.0 Å². The molecule has 0 amide bonds. The SMILES string of the molecule is c1ccc2c(c1)OC(c1nc3ccc(-c4nc5ccccc5s4)cc3o1)O2. The summed E-state index contributed by atoms with van der Waals surface area (Å²) in [7, 11) is 0. The van der Waals surface area contributed by atoms with Gasteiger partial charge in [-0.05, 0) is 42.5 Å². The third-order valence-corrected chi connectivity index (χ3v) is 5.55. The molecule has 0 N–H and O–H groups in total. The Kier molecular flexibility index (Phi) is 3.04. The van der Waals surface area contributed by atoms with Crippen molar-refractivity contribution in [3.05, 3.63) is 72.6 Å². The lowest BCUT2D eigenvalue weighted by atomic mass is 10.2. The number of ether oxygens (including phenoxy) is 2. The lowest BCUT2D eigenvalue weighted by molar-refractivity contribution is 0.0252. The molecule has 3 aromatic carbocycles. The van der Waals surface area contributed by atoms with E-state index in [1.807, 2.05) is 60.7 Å². The van der Waals surface area contributed by atoms with E-state index in [0.717, 1.165) is 26.3 Å². The van der Waals surface area contributed by atoms with Crippen LogP contribution >= 0.6 is 11.3 Å². The van der Waals surface area contributed by atoms with Gasteiger partial charge >= 0.3 is 6.29 Å². The van der Waals surface area contributed by atoms with Crippen LogP contribution in [0.1, 0.15) is 12.2 Å². The predicted octanol–water partition coefficient (Wildman–Crippen LogP) is 5.57. The van der Waals surface area contributed by atoms with E-state index in [1.54, 1.807) is 11.3 Å². The smallest absolute Gasteiger partial charge is 0.319 e. The number of para-hydroxylation sites is 3. The maximum absolute atomic E-state index is 5.94. The van der Waals surface area contributed by atoms with E-state index >= 15 is 0 Å². The quantitative estimate of drug-likeness (QED) is 0.405. The van der Waals surface area contributed by atoms with Gasteiger partial charge in [-0.25, -0.2) is 9.97 Å². The minimum Gasteiger partial charge on any atom is -0.443 e. The molecule has 0 atom stereocenters. The van der Waals surface area contributed by atoms with Gasteiger partial charge in [-0.1, -0.05) is 24.3 Å². The summed E-state index contributed by atoms with van der Waals surface area (Å²) in [6.07, 6.45) is -0.666. The maximum Gasteiger partial charge on any atom is 0.319 e. The second kappa shape index (κ2) is 5.56. The van der Waals surface area contributed by atoms with Gasteiger partial charge in [-0.3, -0.25) is 0 Å². The molecule has 1 aliphatic heterocycles. The average Bonchev–Trinajstić information content (AvgIpc) is 3.41. The summed E-state index contributed by atoms with van der Waals surface area (Å²) in [6, 6.07) is 21.6. The monoisotopic (exact) mass is 372 g/mol. The molecule has 3 heterocycles. The number of benzene rings is 3. The van der Waals surface area contributed by atoms with Crippen molar-refractivity contribution in [3.63, 3.8) is 0 Å². The van der Waals surface area contributed by atoms with Gasteiger partial charge in [0.2, 0.25) is 0 Å². The van der Waals surface area contributed by atoms with Gasteiger partial charge in [0.15, 0.2) is 17.1 Å². The number of oxazole rings is 1. The Morgan fingerprint density at radius 3 is 2.37 bits per heavy atom. The molecule has 0 radical (unpaired) electrons. The van der Waals surface area contributed by atoms with Crippen molar-refractivity contribution in [2.75, 3.05) is 0 Å². The molecule has 5 aromatic rings. The first-order chi connectivity index (χ1) is 13.3. The number of hydrogen-bond acceptors (Lipinski definition) is 6. The van der Waals surface area contributed by atoms with Crippen molar-refractivity contribution in [2.24, 2.45) is 0 Å². The fourth-order valence-corrected chi connectivity index (χ4v) is 4.13. The molecule has 6 heteroatoms. The molecule has 0 fully saturated rings. The van der Waals surface area contributed by atoms with Crippen LogP contribution in [0.15, 0.2) is 71.1 Å². The van der Waals surface area contributed by atoms with Crippen LogP contribution in [-0.4, -0.2) is 9.97 Å². The number of rotatable bonds is 2. The summed E-state index contributed by atoms with van der Waals surface area (Å²) < 4.78 is 18.7. The first-order valence-electron chi connectivity index (χ1n) is 8.52. The van der Waals surface area contributed by atoms with Crippen LogP contribution in [0.4, 0.5) is 0 Å². The molecule has 0 spiro atoms. The zero-order valence-corrected chi connectivity index (χ0v) is 14.8. The molecule has 0 unspecified atom stereocenters. The third kappa shape index (κ3) is 2.38. The summed E-state index contributed by atoms with van der Waals surface area (Å²) in [4.78, 5) is 9.23. The number of hydrogen-bond donors (Lipinski definition) is 0. The second-order valence-electron chi connectivity index (χ2n) is 6.24. The highest BCUT2D eigenvalue weighted by Gasteiger charge is 2.30. The molecule has 0 saturated heterocycles. The largest absolute Gasteiger partial charge is 0.443 e. The Morgan fingerprint density at radius 2 is 1.56 bits per heavy atom. The maximum atomic E-state index is 5.94. The van der Waals surface area contributed by atoms with Crippen LogP contribution in [0.25, 0.3) is 31.9 Å². The number of thiazole rings is 1. The molecule has 1 aliphatic rings. The summed E-state index contributed by atoms with van der Waals surface area (Å²) in [5.74, 6) is 1.79. The Labute approximate surface area is 157 Å². The van der Waals surface area contributed by atoms with E-state index < -0.39 is 6.29 Å². The second-order valence-corrected chi connectivity index (χ2v) is 7.27. The summed E-state index contributed by atoms with van der Waals surface area (Å²) in [5, 5.41) is 0.955. The Morgan fingerprint density at radius 1 is 0.778 bits per heavy atom. The number of nitrogens with zero attached hydrogens (tertiary/aromatic N) is 2. The molecule has 2 aromatic heterocycles. The third-order valence-electron chi connectivity index (χ3n) is 4.46. The van der Waals surface area contributed by atoms with E-state index in [9.17, 15) is 0 Å². The first kappa shape index (κ1) is 14.8. The minimum absolute atomic E-state index is 0.405. The van der Waals surface area contributed by atoms with Gasteiger partial charge in [0.1, 0.15) is 10.5 Å². The standard InChI is InChI=1S/C21H12N2O3S/c1-4-8-18-14(5-1)23-20(27-18)12-9-10-13-17(11-12)24-19(22-13)21-25-15-6-2-3-7-16(15)26-21/h1-11,21H. The zero-order valence-electron chi connectivity index (χ0n) is 14.0. The van der Waals surface area contributed by atoms with Crippen LogP contribution in [0, 0.1) is 0 Å². The normalized spacial score (nSPS) is 13.6. The summed E-state index contributed by atoms with van der Waals surface area (Å²) in [5.41, 5.74) is 3.45. The van der Waals surface area contributed by atoms with Crippen molar-refractivity contribution >= 4 is 32.7 Å². The topological polar surface area (TPSA) is 57.4 Å². The first-order valence-corrected chi connectivity index (χ1v) is 9.34. The Bertz CT molecular complexity index is 1250. The van der Waals surface area contributed by atoms with Gasteiger partial charge in [-0.2, -0.15) is 0 Å². The predicted molar refractivity (Wildman–Crippen MR) is 103 cm³/mol. The molecule has 0 aliphatic carbocycles. The van der Waals surface area contributed by atoms with Gasteiger partial charge in [-0.15, -0.1) is 11.3 Å². The molecule has 0 saturated carbocycles. The van der Waals surface area contributed by atoms with E-state index in [2.05, 4.69) is 11.1 Å². The Balaban J connectivity index is 1.38. The molecule has 130 valence electrons. The molecule has 6 rings (SSSR count). The van der Waals surface area contributed by atoms with E-state index in [-0.39, 0.29) is 0 Å². The van der Waals surface area contributed by atoms with E-state index in [1.165, 1.54) is 0 Å². The minimum atomic E-state index is -0.666. The van der Waals surface area contributed by atoms with Crippen LogP contribution in [0.2, 0.25) is 0 Å². The fraction of sp³-hybridized carbons (Fsp3) is 0.0476. The van der Waals surface area contributed by atoms with Crippen molar-refractivity contribution in [2.45, 2.75) is 6.29 Å². The fourth-order valence-electron chi connectivity index (χ4n) is 3.17. The van der Waals surface area contributed by atoms with Crippen molar-refractivity contribution < 1.29 is 13.9 Å². The van der Waals surface area contributed by atoms with Crippen molar-refractivity contribution in [1.82, 2.24) is 9.97 Å². The summed E-state index contributed by atoms with van der Waals surface area (Å²) >= 11 is 1.66. The Hall–Kier alpha value is -3.38. The van der Waals surface area contributed by atoms with Crippen LogP contribution in [0.5, 0.6) is 11.5 Å². The molecular formula is C21H12N2O3S. The number of aromatic nitrogens is 2. The van der Waals surface area contributed by atoms with Crippen molar-refractivity contribution in [3.8, 4) is 22.1 Å².